The Hall–Kier alpha value is -0.380. The van der Waals surface area contributed by atoms with Gasteiger partial charge in [-0.3, -0.25) is 0 Å². The summed E-state index contributed by atoms with van der Waals surface area (Å²) in [6, 6.07) is 8.41. The Bertz CT molecular complexity index is 288. The van der Waals surface area contributed by atoms with Crippen LogP contribution in [0, 0.1) is 0 Å². The van der Waals surface area contributed by atoms with E-state index in [9.17, 15) is 0 Å². The van der Waals surface area contributed by atoms with E-state index in [0.29, 0.717) is 0 Å². The molecule has 0 spiro atoms. The second kappa shape index (κ2) is 5.49. The minimum atomic E-state index is 0.212. The first-order valence-corrected chi connectivity index (χ1v) is 5.48. The molecule has 1 rings (SSSR count). The lowest BCUT2D eigenvalue weighted by Crippen LogP contribution is -2.21. The predicted molar refractivity (Wildman–Crippen MR) is 62.3 cm³/mol. The number of halogens is 1. The summed E-state index contributed by atoms with van der Waals surface area (Å²) in [5.41, 5.74) is 1.23. The van der Waals surface area contributed by atoms with Crippen molar-refractivity contribution in [1.82, 2.24) is 4.90 Å². The Balaban J connectivity index is 2.93. The minimum Gasteiger partial charge on any atom is -0.396 e. The van der Waals surface area contributed by atoms with Crippen molar-refractivity contribution in [3.63, 3.8) is 0 Å². The molecular weight excluding hydrogens is 242 g/mol. The summed E-state index contributed by atoms with van der Waals surface area (Å²) in [6.07, 6.45) is 0.760. The topological polar surface area (TPSA) is 23.5 Å². The van der Waals surface area contributed by atoms with Crippen LogP contribution in [0.5, 0.6) is 0 Å². The Morgan fingerprint density at radius 3 is 2.50 bits per heavy atom. The van der Waals surface area contributed by atoms with E-state index < -0.39 is 0 Å². The normalized spacial score (nSPS) is 13.2. The van der Waals surface area contributed by atoms with Crippen LogP contribution >= 0.6 is 15.9 Å². The molecule has 1 N–H and O–H groups in total. The number of hydrogen-bond acceptors (Lipinski definition) is 2. The zero-order valence-electron chi connectivity index (χ0n) is 8.57. The largest absolute Gasteiger partial charge is 0.396 e. The maximum absolute atomic E-state index is 9.00. The lowest BCUT2D eigenvalue weighted by Gasteiger charge is -2.24. The molecule has 1 aromatic rings. The number of benzene rings is 1. The van der Waals surface area contributed by atoms with Crippen LogP contribution in [0.4, 0.5) is 0 Å². The smallest absolute Gasteiger partial charge is 0.0449 e. The van der Waals surface area contributed by atoms with Gasteiger partial charge in [0.05, 0.1) is 0 Å². The van der Waals surface area contributed by atoms with E-state index in [2.05, 4.69) is 26.9 Å². The third kappa shape index (κ3) is 2.80. The Kier molecular flexibility index (Phi) is 4.58. The number of aliphatic hydroxyl groups is 1. The quantitative estimate of drug-likeness (QED) is 0.896. The van der Waals surface area contributed by atoms with Crippen molar-refractivity contribution in [2.75, 3.05) is 20.7 Å². The second-order valence-electron chi connectivity index (χ2n) is 3.51. The number of hydrogen-bond donors (Lipinski definition) is 1. The van der Waals surface area contributed by atoms with Crippen LogP contribution in [-0.2, 0) is 0 Å². The van der Waals surface area contributed by atoms with Gasteiger partial charge in [-0.15, -0.1) is 0 Å². The zero-order valence-corrected chi connectivity index (χ0v) is 10.2. The second-order valence-corrected chi connectivity index (χ2v) is 4.37. The average molecular weight is 258 g/mol. The fourth-order valence-electron chi connectivity index (χ4n) is 1.56. The van der Waals surface area contributed by atoms with Crippen LogP contribution in [0.15, 0.2) is 28.7 Å². The van der Waals surface area contributed by atoms with Crippen LogP contribution in [0.3, 0.4) is 0 Å². The standard InChI is InChI=1S/C11H16BrNO/c1-13(2)11(7-8-14)9-5-3-4-6-10(9)12/h3-6,11,14H,7-8H2,1-2H3. The molecule has 0 aliphatic carbocycles. The fraction of sp³-hybridized carbons (Fsp3) is 0.455. The first kappa shape index (κ1) is 11.7. The van der Waals surface area contributed by atoms with Crippen LogP contribution in [0.2, 0.25) is 0 Å². The maximum Gasteiger partial charge on any atom is 0.0449 e. The van der Waals surface area contributed by atoms with Gasteiger partial charge in [0.25, 0.3) is 0 Å². The van der Waals surface area contributed by atoms with Gasteiger partial charge in [-0.25, -0.2) is 0 Å². The highest BCUT2D eigenvalue weighted by Crippen LogP contribution is 2.28. The van der Waals surface area contributed by atoms with Crippen LogP contribution in [0.25, 0.3) is 0 Å². The molecule has 2 nitrogen and oxygen atoms in total. The van der Waals surface area contributed by atoms with Crippen LogP contribution in [0.1, 0.15) is 18.0 Å². The van der Waals surface area contributed by atoms with Gasteiger partial charge in [-0.05, 0) is 32.1 Å². The Labute approximate surface area is 93.7 Å². The van der Waals surface area contributed by atoms with Crippen molar-refractivity contribution in [2.45, 2.75) is 12.5 Å². The highest BCUT2D eigenvalue weighted by molar-refractivity contribution is 9.10. The van der Waals surface area contributed by atoms with E-state index in [-0.39, 0.29) is 12.6 Å². The van der Waals surface area contributed by atoms with Gasteiger partial charge in [-0.1, -0.05) is 34.1 Å². The molecule has 0 bridgehead atoms. The van der Waals surface area contributed by atoms with Crippen molar-refractivity contribution >= 4 is 15.9 Å². The van der Waals surface area contributed by atoms with Gasteiger partial charge in [0.1, 0.15) is 0 Å². The molecule has 3 heteroatoms. The fourth-order valence-corrected chi connectivity index (χ4v) is 2.11. The molecule has 0 aromatic heterocycles. The molecule has 78 valence electrons. The van der Waals surface area contributed by atoms with E-state index in [1.807, 2.05) is 32.3 Å². The van der Waals surface area contributed by atoms with Crippen molar-refractivity contribution in [2.24, 2.45) is 0 Å². The van der Waals surface area contributed by atoms with Gasteiger partial charge in [-0.2, -0.15) is 0 Å². The molecule has 0 saturated carbocycles. The van der Waals surface area contributed by atoms with Gasteiger partial charge in [0.2, 0.25) is 0 Å². The molecule has 14 heavy (non-hydrogen) atoms. The van der Waals surface area contributed by atoms with E-state index in [4.69, 9.17) is 5.11 Å². The third-order valence-electron chi connectivity index (χ3n) is 2.29. The number of aliphatic hydroxyl groups excluding tert-OH is 1. The van der Waals surface area contributed by atoms with Crippen molar-refractivity contribution in [1.29, 1.82) is 0 Å². The summed E-state index contributed by atoms with van der Waals surface area (Å²) in [6.45, 7) is 0.212. The molecule has 1 atom stereocenters. The summed E-state index contributed by atoms with van der Waals surface area (Å²) in [4.78, 5) is 2.12. The molecule has 0 amide bonds. The van der Waals surface area contributed by atoms with Crippen molar-refractivity contribution < 1.29 is 5.11 Å². The maximum atomic E-state index is 9.00. The summed E-state index contributed by atoms with van der Waals surface area (Å²) >= 11 is 3.53. The van der Waals surface area contributed by atoms with Gasteiger partial charge in [0, 0.05) is 17.1 Å². The van der Waals surface area contributed by atoms with Gasteiger partial charge < -0.3 is 10.0 Å². The van der Waals surface area contributed by atoms with E-state index in [1.165, 1.54) is 5.56 Å². The Morgan fingerprint density at radius 2 is 2.00 bits per heavy atom. The van der Waals surface area contributed by atoms with E-state index >= 15 is 0 Å². The molecule has 0 aliphatic rings. The summed E-state index contributed by atoms with van der Waals surface area (Å²) < 4.78 is 1.10. The molecular formula is C11H16BrNO. The van der Waals surface area contributed by atoms with Gasteiger partial charge >= 0.3 is 0 Å². The van der Waals surface area contributed by atoms with E-state index in [1.54, 1.807) is 0 Å². The summed E-state index contributed by atoms with van der Waals surface area (Å²) in [5, 5.41) is 9.00. The lowest BCUT2D eigenvalue weighted by atomic mass is 10.0. The molecule has 0 heterocycles. The number of nitrogens with zero attached hydrogens (tertiary/aromatic N) is 1. The first-order valence-electron chi connectivity index (χ1n) is 4.68. The monoisotopic (exact) mass is 257 g/mol. The summed E-state index contributed by atoms with van der Waals surface area (Å²) in [5.74, 6) is 0. The lowest BCUT2D eigenvalue weighted by molar-refractivity contribution is 0.210. The minimum absolute atomic E-state index is 0.212. The third-order valence-corrected chi connectivity index (χ3v) is 3.01. The highest BCUT2D eigenvalue weighted by atomic mass is 79.9. The zero-order chi connectivity index (χ0) is 10.6. The van der Waals surface area contributed by atoms with Crippen molar-refractivity contribution in [3.8, 4) is 0 Å². The Morgan fingerprint density at radius 1 is 1.36 bits per heavy atom. The highest BCUT2D eigenvalue weighted by Gasteiger charge is 2.15. The molecule has 0 saturated heterocycles. The van der Waals surface area contributed by atoms with E-state index in [0.717, 1.165) is 10.9 Å². The summed E-state index contributed by atoms with van der Waals surface area (Å²) in [7, 11) is 4.06. The molecule has 0 aliphatic heterocycles. The van der Waals surface area contributed by atoms with Crippen LogP contribution < -0.4 is 0 Å². The van der Waals surface area contributed by atoms with Gasteiger partial charge in [0.15, 0.2) is 0 Å². The predicted octanol–water partition coefficient (Wildman–Crippen LogP) is 2.43. The average Bonchev–Trinajstić information content (AvgIpc) is 2.15. The number of rotatable bonds is 4. The van der Waals surface area contributed by atoms with Crippen LogP contribution in [-0.4, -0.2) is 30.7 Å². The molecule has 0 radical (unpaired) electrons. The molecule has 0 fully saturated rings. The first-order chi connectivity index (χ1) is 6.66. The molecule has 1 unspecified atom stereocenters. The molecule has 1 aromatic carbocycles. The van der Waals surface area contributed by atoms with Crippen molar-refractivity contribution in [3.05, 3.63) is 34.3 Å². The SMILES string of the molecule is CN(C)C(CCO)c1ccccc1Br.